The van der Waals surface area contributed by atoms with Crippen LogP contribution >= 0.6 is 0 Å². The molecule has 0 aromatic carbocycles. The number of pyridine rings is 1. The van der Waals surface area contributed by atoms with Crippen LogP contribution in [0.1, 0.15) is 83.2 Å². The summed E-state index contributed by atoms with van der Waals surface area (Å²) in [5.74, 6) is 1.52. The second-order valence-electron chi connectivity index (χ2n) is 10.3. The number of carbonyl (C=O) groups is 1. The Kier molecular flexibility index (Phi) is 12.2. The molecular formula is C27H47N5O. The summed E-state index contributed by atoms with van der Waals surface area (Å²) in [4.78, 5) is 16.7. The molecule has 1 amide bonds. The van der Waals surface area contributed by atoms with Crippen molar-refractivity contribution in [3.05, 3.63) is 30.1 Å². The summed E-state index contributed by atoms with van der Waals surface area (Å²) in [6.45, 7) is 6.83. The summed E-state index contributed by atoms with van der Waals surface area (Å²) in [6.07, 6.45) is 16.4. The molecule has 6 heteroatoms. The average molecular weight is 458 g/mol. The quantitative estimate of drug-likeness (QED) is 0.320. The lowest BCUT2D eigenvalue weighted by molar-refractivity contribution is -0.123. The van der Waals surface area contributed by atoms with Crippen LogP contribution in [0.2, 0.25) is 0 Å². The molecule has 186 valence electrons. The van der Waals surface area contributed by atoms with E-state index in [1.165, 1.54) is 77.2 Å². The maximum atomic E-state index is 12.4. The monoisotopic (exact) mass is 457 g/mol. The van der Waals surface area contributed by atoms with E-state index >= 15 is 0 Å². The lowest BCUT2D eigenvalue weighted by Gasteiger charge is -2.29. The van der Waals surface area contributed by atoms with Gasteiger partial charge < -0.3 is 21.3 Å². The standard InChI is InChI=1S/C27H47N5O/c1-22(31-21-26-11-5-6-17-30-26)27(33)32-20-24-14-12-23(13-15-24)19-28-16-7-8-18-29-25-9-3-2-4-10-25/h5-6,11,17,22-25,28-29,31H,2-4,7-10,12-16,18-21H2,1H3,(H,32,33)/t22-,23?,24?/m0/s1. The molecule has 1 atom stereocenters. The number of unbranched alkanes of at least 4 members (excludes halogenated alkanes) is 1. The minimum absolute atomic E-state index is 0.0905. The molecule has 4 N–H and O–H groups in total. The molecular weight excluding hydrogens is 410 g/mol. The number of amides is 1. The Morgan fingerprint density at radius 1 is 0.970 bits per heavy atom. The fraction of sp³-hybridized carbons (Fsp3) is 0.778. The van der Waals surface area contributed by atoms with Gasteiger partial charge in [0.1, 0.15) is 0 Å². The molecule has 6 nitrogen and oxygen atoms in total. The predicted molar refractivity (Wildman–Crippen MR) is 136 cm³/mol. The van der Waals surface area contributed by atoms with Crippen LogP contribution in [0, 0.1) is 11.8 Å². The van der Waals surface area contributed by atoms with Crippen LogP contribution in [-0.4, -0.2) is 49.2 Å². The Morgan fingerprint density at radius 3 is 2.42 bits per heavy atom. The first-order chi connectivity index (χ1) is 16.2. The fourth-order valence-corrected chi connectivity index (χ4v) is 5.18. The number of hydrogen-bond donors (Lipinski definition) is 4. The molecule has 2 saturated carbocycles. The highest BCUT2D eigenvalue weighted by molar-refractivity contribution is 5.81. The molecule has 0 bridgehead atoms. The molecule has 1 aromatic rings. The molecule has 0 unspecified atom stereocenters. The Bertz CT molecular complexity index is 641. The predicted octanol–water partition coefficient (Wildman–Crippen LogP) is 3.77. The highest BCUT2D eigenvalue weighted by Gasteiger charge is 2.22. The number of nitrogens with one attached hydrogen (secondary N) is 4. The lowest BCUT2D eigenvalue weighted by atomic mass is 9.82. The third-order valence-electron chi connectivity index (χ3n) is 7.49. The van der Waals surface area contributed by atoms with Crippen LogP contribution < -0.4 is 21.3 Å². The van der Waals surface area contributed by atoms with Gasteiger partial charge in [0.25, 0.3) is 0 Å². The van der Waals surface area contributed by atoms with Gasteiger partial charge in [0.05, 0.1) is 11.7 Å². The highest BCUT2D eigenvalue weighted by atomic mass is 16.2. The first-order valence-corrected chi connectivity index (χ1v) is 13.6. The van der Waals surface area contributed by atoms with Gasteiger partial charge in [-0.2, -0.15) is 0 Å². The van der Waals surface area contributed by atoms with Gasteiger partial charge in [-0.15, -0.1) is 0 Å². The number of hydrogen-bond acceptors (Lipinski definition) is 5. The van der Waals surface area contributed by atoms with Crippen molar-refractivity contribution in [3.8, 4) is 0 Å². The Hall–Kier alpha value is -1.50. The zero-order valence-electron chi connectivity index (χ0n) is 20.8. The maximum Gasteiger partial charge on any atom is 0.236 e. The fourth-order valence-electron chi connectivity index (χ4n) is 5.18. The van der Waals surface area contributed by atoms with Crippen LogP contribution in [-0.2, 0) is 11.3 Å². The van der Waals surface area contributed by atoms with Crippen LogP contribution in [0.25, 0.3) is 0 Å². The molecule has 2 aliphatic carbocycles. The minimum Gasteiger partial charge on any atom is -0.354 e. The van der Waals surface area contributed by atoms with Crippen molar-refractivity contribution in [2.45, 2.75) is 96.2 Å². The van der Waals surface area contributed by atoms with Crippen LogP contribution in [0.4, 0.5) is 0 Å². The number of nitrogens with zero attached hydrogens (tertiary/aromatic N) is 1. The summed E-state index contributed by atoms with van der Waals surface area (Å²) in [5, 5.41) is 13.9. The van der Waals surface area contributed by atoms with E-state index in [4.69, 9.17) is 0 Å². The number of rotatable bonds is 14. The van der Waals surface area contributed by atoms with Gasteiger partial charge in [-0.05, 0) is 102 Å². The molecule has 0 saturated heterocycles. The third kappa shape index (κ3) is 10.5. The normalized spacial score (nSPS) is 22.7. The van der Waals surface area contributed by atoms with Gasteiger partial charge in [-0.25, -0.2) is 0 Å². The second kappa shape index (κ2) is 15.4. The maximum absolute atomic E-state index is 12.4. The van der Waals surface area contributed by atoms with Gasteiger partial charge in [-0.3, -0.25) is 9.78 Å². The molecule has 2 aliphatic rings. The minimum atomic E-state index is -0.203. The Labute approximate surface area is 201 Å². The van der Waals surface area contributed by atoms with E-state index in [1.54, 1.807) is 6.20 Å². The van der Waals surface area contributed by atoms with E-state index < -0.39 is 0 Å². The highest BCUT2D eigenvalue weighted by Crippen LogP contribution is 2.28. The van der Waals surface area contributed by atoms with E-state index in [0.717, 1.165) is 37.3 Å². The molecule has 3 rings (SSSR count). The molecule has 33 heavy (non-hydrogen) atoms. The second-order valence-corrected chi connectivity index (χ2v) is 10.3. The molecule has 0 aliphatic heterocycles. The average Bonchev–Trinajstić information content (AvgIpc) is 2.87. The summed E-state index contributed by atoms with van der Waals surface area (Å²) in [5.41, 5.74) is 0.959. The topological polar surface area (TPSA) is 78.1 Å². The SMILES string of the molecule is C[C@H](NCc1ccccn1)C(=O)NCC1CCC(CNCCCCNC2CCCCC2)CC1. The summed E-state index contributed by atoms with van der Waals surface area (Å²) >= 11 is 0. The largest absolute Gasteiger partial charge is 0.354 e. The van der Waals surface area contributed by atoms with Gasteiger partial charge >= 0.3 is 0 Å². The molecule has 0 radical (unpaired) electrons. The van der Waals surface area contributed by atoms with Crippen LogP contribution in [0.3, 0.4) is 0 Å². The van der Waals surface area contributed by atoms with Gasteiger partial charge in [0, 0.05) is 25.3 Å². The van der Waals surface area contributed by atoms with Crippen molar-refractivity contribution < 1.29 is 4.79 Å². The summed E-state index contributed by atoms with van der Waals surface area (Å²) < 4.78 is 0. The third-order valence-corrected chi connectivity index (χ3v) is 7.49. The van der Waals surface area contributed by atoms with Crippen molar-refractivity contribution in [2.75, 3.05) is 26.2 Å². The van der Waals surface area contributed by atoms with Gasteiger partial charge in [-0.1, -0.05) is 25.3 Å². The first kappa shape index (κ1) is 26.1. The summed E-state index contributed by atoms with van der Waals surface area (Å²) in [7, 11) is 0. The number of carbonyl (C=O) groups excluding carboxylic acids is 1. The van der Waals surface area contributed by atoms with Crippen LogP contribution in [0.15, 0.2) is 24.4 Å². The van der Waals surface area contributed by atoms with Crippen molar-refractivity contribution >= 4 is 5.91 Å². The van der Waals surface area contributed by atoms with E-state index in [1.807, 2.05) is 25.1 Å². The molecule has 1 aromatic heterocycles. The van der Waals surface area contributed by atoms with Gasteiger partial charge in [0.2, 0.25) is 5.91 Å². The van der Waals surface area contributed by atoms with Crippen molar-refractivity contribution in [2.24, 2.45) is 11.8 Å². The van der Waals surface area contributed by atoms with Crippen molar-refractivity contribution in [1.82, 2.24) is 26.3 Å². The van der Waals surface area contributed by atoms with E-state index in [0.29, 0.717) is 12.5 Å². The zero-order chi connectivity index (χ0) is 23.1. The van der Waals surface area contributed by atoms with E-state index in [-0.39, 0.29) is 11.9 Å². The molecule has 1 heterocycles. The smallest absolute Gasteiger partial charge is 0.236 e. The molecule has 2 fully saturated rings. The lowest BCUT2D eigenvalue weighted by Crippen LogP contribution is -2.44. The van der Waals surface area contributed by atoms with Gasteiger partial charge in [0.15, 0.2) is 0 Å². The van der Waals surface area contributed by atoms with Crippen molar-refractivity contribution in [3.63, 3.8) is 0 Å². The van der Waals surface area contributed by atoms with E-state index in [9.17, 15) is 4.79 Å². The summed E-state index contributed by atoms with van der Waals surface area (Å²) in [6, 6.07) is 6.43. The van der Waals surface area contributed by atoms with Crippen molar-refractivity contribution in [1.29, 1.82) is 0 Å². The van der Waals surface area contributed by atoms with Crippen LogP contribution in [0.5, 0.6) is 0 Å². The Morgan fingerprint density at radius 2 is 1.70 bits per heavy atom. The number of aromatic nitrogens is 1. The molecule has 0 spiro atoms. The zero-order valence-corrected chi connectivity index (χ0v) is 20.8. The first-order valence-electron chi connectivity index (χ1n) is 13.6. The van der Waals surface area contributed by atoms with E-state index in [2.05, 4.69) is 26.3 Å². The Balaban J connectivity index is 1.15.